The highest BCUT2D eigenvalue weighted by atomic mass is 35.5. The highest BCUT2D eigenvalue weighted by Crippen LogP contribution is 2.18. The molecule has 0 heterocycles. The van der Waals surface area contributed by atoms with Gasteiger partial charge in [0.25, 0.3) is 0 Å². The van der Waals surface area contributed by atoms with Gasteiger partial charge in [0.15, 0.2) is 0 Å². The lowest BCUT2D eigenvalue weighted by atomic mass is 10.1. The van der Waals surface area contributed by atoms with E-state index in [4.69, 9.17) is 17.3 Å². The molecule has 0 aliphatic heterocycles. The molecule has 0 atom stereocenters. The molecule has 0 aliphatic rings. The Labute approximate surface area is 88.5 Å². The van der Waals surface area contributed by atoms with Crippen LogP contribution in [0, 0.1) is 5.82 Å². The standard InChI is InChI=1S/C9H11ClFN.ClH/c10-9-6-8(11)4-3-7(9)2-1-5-12;/h3-4,6H,1-2,5,12H2;1H. The van der Waals surface area contributed by atoms with E-state index in [1.807, 2.05) is 0 Å². The van der Waals surface area contributed by atoms with E-state index in [1.54, 1.807) is 6.07 Å². The molecule has 1 nitrogen and oxygen atoms in total. The van der Waals surface area contributed by atoms with Crippen LogP contribution < -0.4 is 5.73 Å². The fourth-order valence-electron chi connectivity index (χ4n) is 1.02. The summed E-state index contributed by atoms with van der Waals surface area (Å²) in [6.07, 6.45) is 1.70. The van der Waals surface area contributed by atoms with Crippen LogP contribution in [0.4, 0.5) is 4.39 Å². The molecule has 13 heavy (non-hydrogen) atoms. The van der Waals surface area contributed by atoms with Gasteiger partial charge in [0.2, 0.25) is 0 Å². The van der Waals surface area contributed by atoms with Crippen molar-refractivity contribution in [2.24, 2.45) is 5.73 Å². The molecule has 1 aromatic carbocycles. The minimum atomic E-state index is -0.295. The van der Waals surface area contributed by atoms with Crippen molar-refractivity contribution in [3.63, 3.8) is 0 Å². The molecule has 0 amide bonds. The first-order valence-electron chi connectivity index (χ1n) is 3.88. The zero-order chi connectivity index (χ0) is 8.97. The summed E-state index contributed by atoms with van der Waals surface area (Å²) in [5, 5.41) is 0.489. The van der Waals surface area contributed by atoms with Gasteiger partial charge in [0, 0.05) is 5.02 Å². The third kappa shape index (κ3) is 3.94. The van der Waals surface area contributed by atoms with E-state index in [0.717, 1.165) is 18.4 Å². The fourth-order valence-corrected chi connectivity index (χ4v) is 1.28. The third-order valence-corrected chi connectivity index (χ3v) is 2.02. The minimum absolute atomic E-state index is 0. The van der Waals surface area contributed by atoms with Gasteiger partial charge in [-0.15, -0.1) is 12.4 Å². The Morgan fingerprint density at radius 1 is 1.38 bits per heavy atom. The molecule has 0 saturated heterocycles. The molecule has 0 unspecified atom stereocenters. The average molecular weight is 224 g/mol. The van der Waals surface area contributed by atoms with Gasteiger partial charge in [-0.1, -0.05) is 17.7 Å². The Kier molecular flexibility index (Phi) is 6.04. The van der Waals surface area contributed by atoms with Gasteiger partial charge in [-0.25, -0.2) is 4.39 Å². The van der Waals surface area contributed by atoms with E-state index in [-0.39, 0.29) is 18.2 Å². The molecule has 1 aromatic rings. The van der Waals surface area contributed by atoms with Crippen LogP contribution in [0.5, 0.6) is 0 Å². The minimum Gasteiger partial charge on any atom is -0.330 e. The Balaban J connectivity index is 0.00000144. The SMILES string of the molecule is Cl.NCCCc1ccc(F)cc1Cl. The van der Waals surface area contributed by atoms with Crippen molar-refractivity contribution in [2.75, 3.05) is 6.54 Å². The lowest BCUT2D eigenvalue weighted by Crippen LogP contribution is -2.00. The normalized spacial score (nSPS) is 9.46. The molecule has 4 heteroatoms. The molecule has 0 fully saturated rings. The number of halogens is 3. The Hall–Kier alpha value is -0.310. The second kappa shape index (κ2) is 6.19. The largest absolute Gasteiger partial charge is 0.330 e. The summed E-state index contributed by atoms with van der Waals surface area (Å²) in [5.74, 6) is -0.295. The number of hydrogen-bond acceptors (Lipinski definition) is 1. The summed E-state index contributed by atoms with van der Waals surface area (Å²) in [7, 11) is 0. The van der Waals surface area contributed by atoms with Gasteiger partial charge in [-0.3, -0.25) is 0 Å². The predicted molar refractivity (Wildman–Crippen MR) is 56.0 cm³/mol. The van der Waals surface area contributed by atoms with Crippen LogP contribution in [-0.2, 0) is 6.42 Å². The number of aryl methyl sites for hydroxylation is 1. The van der Waals surface area contributed by atoms with Crippen molar-refractivity contribution in [3.05, 3.63) is 34.6 Å². The van der Waals surface area contributed by atoms with Crippen molar-refractivity contribution in [2.45, 2.75) is 12.8 Å². The van der Waals surface area contributed by atoms with Crippen molar-refractivity contribution in [1.82, 2.24) is 0 Å². The van der Waals surface area contributed by atoms with Crippen LogP contribution in [-0.4, -0.2) is 6.54 Å². The molecule has 1 rings (SSSR count). The topological polar surface area (TPSA) is 26.0 Å². The molecule has 0 spiro atoms. The predicted octanol–water partition coefficient (Wildman–Crippen LogP) is 2.79. The Bertz CT molecular complexity index is 266. The first kappa shape index (κ1) is 12.7. The van der Waals surface area contributed by atoms with E-state index in [1.165, 1.54) is 12.1 Å². The maximum Gasteiger partial charge on any atom is 0.124 e. The van der Waals surface area contributed by atoms with E-state index in [2.05, 4.69) is 0 Å². The molecule has 2 N–H and O–H groups in total. The fraction of sp³-hybridized carbons (Fsp3) is 0.333. The smallest absolute Gasteiger partial charge is 0.124 e. The first-order chi connectivity index (χ1) is 5.74. The Morgan fingerprint density at radius 3 is 2.62 bits per heavy atom. The van der Waals surface area contributed by atoms with Gasteiger partial charge in [-0.05, 0) is 37.1 Å². The van der Waals surface area contributed by atoms with E-state index < -0.39 is 0 Å². The Morgan fingerprint density at radius 2 is 2.08 bits per heavy atom. The molecule has 0 aromatic heterocycles. The maximum absolute atomic E-state index is 12.6. The molecule has 0 saturated carbocycles. The quantitative estimate of drug-likeness (QED) is 0.839. The zero-order valence-corrected chi connectivity index (χ0v) is 8.67. The van der Waals surface area contributed by atoms with Gasteiger partial charge in [0.05, 0.1) is 0 Å². The van der Waals surface area contributed by atoms with Gasteiger partial charge in [-0.2, -0.15) is 0 Å². The summed E-state index contributed by atoms with van der Waals surface area (Å²) in [5.41, 5.74) is 6.30. The van der Waals surface area contributed by atoms with Crippen LogP contribution >= 0.6 is 24.0 Å². The summed E-state index contributed by atoms with van der Waals surface area (Å²) < 4.78 is 12.6. The van der Waals surface area contributed by atoms with E-state index in [0.29, 0.717) is 11.6 Å². The third-order valence-electron chi connectivity index (χ3n) is 1.67. The van der Waals surface area contributed by atoms with Crippen molar-refractivity contribution in [3.8, 4) is 0 Å². The second-order valence-corrected chi connectivity index (χ2v) is 3.04. The summed E-state index contributed by atoms with van der Waals surface area (Å²) in [6.45, 7) is 0.633. The molecular weight excluding hydrogens is 212 g/mol. The number of rotatable bonds is 3. The van der Waals surface area contributed by atoms with Crippen molar-refractivity contribution < 1.29 is 4.39 Å². The van der Waals surface area contributed by atoms with Crippen LogP contribution in [0.25, 0.3) is 0 Å². The zero-order valence-electron chi connectivity index (χ0n) is 7.09. The molecule has 0 radical (unpaired) electrons. The van der Waals surface area contributed by atoms with Crippen LogP contribution in [0.15, 0.2) is 18.2 Å². The van der Waals surface area contributed by atoms with Crippen LogP contribution in [0.3, 0.4) is 0 Å². The molecule has 0 bridgehead atoms. The monoisotopic (exact) mass is 223 g/mol. The number of nitrogens with two attached hydrogens (primary N) is 1. The molecule has 0 aliphatic carbocycles. The van der Waals surface area contributed by atoms with Crippen LogP contribution in [0.2, 0.25) is 5.02 Å². The van der Waals surface area contributed by atoms with Gasteiger partial charge in [0.1, 0.15) is 5.82 Å². The summed E-state index contributed by atoms with van der Waals surface area (Å²) >= 11 is 5.78. The maximum atomic E-state index is 12.6. The second-order valence-electron chi connectivity index (χ2n) is 2.63. The number of hydrogen-bond donors (Lipinski definition) is 1. The summed E-state index contributed by atoms with van der Waals surface area (Å²) in [6, 6.07) is 4.44. The van der Waals surface area contributed by atoms with Crippen LogP contribution in [0.1, 0.15) is 12.0 Å². The number of benzene rings is 1. The van der Waals surface area contributed by atoms with E-state index in [9.17, 15) is 4.39 Å². The first-order valence-corrected chi connectivity index (χ1v) is 4.26. The highest BCUT2D eigenvalue weighted by molar-refractivity contribution is 6.31. The highest BCUT2D eigenvalue weighted by Gasteiger charge is 2.00. The van der Waals surface area contributed by atoms with Gasteiger partial charge < -0.3 is 5.73 Å². The lowest BCUT2D eigenvalue weighted by Gasteiger charge is -2.02. The summed E-state index contributed by atoms with van der Waals surface area (Å²) in [4.78, 5) is 0. The van der Waals surface area contributed by atoms with Gasteiger partial charge >= 0.3 is 0 Å². The molecular formula is C9H12Cl2FN. The van der Waals surface area contributed by atoms with Crippen molar-refractivity contribution in [1.29, 1.82) is 0 Å². The molecule has 74 valence electrons. The average Bonchev–Trinajstić information content (AvgIpc) is 2.03. The van der Waals surface area contributed by atoms with Crippen molar-refractivity contribution >= 4 is 24.0 Å². The lowest BCUT2D eigenvalue weighted by molar-refractivity contribution is 0.627. The van der Waals surface area contributed by atoms with E-state index >= 15 is 0 Å².